The number of halogens is 28. The quantitative estimate of drug-likeness (QED) is 0.159. The average Bonchev–Trinajstić information content (AvgIpc) is 2.70. The van der Waals surface area contributed by atoms with E-state index in [4.69, 9.17) is 0 Å². The van der Waals surface area contributed by atoms with Crippen molar-refractivity contribution in [3.63, 3.8) is 0 Å². The van der Waals surface area contributed by atoms with Gasteiger partial charge in [-0.15, -0.1) is 0 Å². The highest BCUT2D eigenvalue weighted by atomic mass is 19.4. The summed E-state index contributed by atoms with van der Waals surface area (Å²) in [5.41, 5.74) is 0. The Hall–Kier alpha value is -1.90. The largest absolute Gasteiger partial charge is 0.469 e. The zero-order chi connectivity index (χ0) is 34.5. The lowest BCUT2D eigenvalue weighted by atomic mass is 9.47. The summed E-state index contributed by atoms with van der Waals surface area (Å²) in [4.78, 5) is 0. The number of alkyl halides is 26. The SMILES string of the molecule is F[B-](F)(C(F)(F)C(F)(F)C(F)(F)C(F)(F)C(F)(F)C(F)(F)F)C(F)(F)C(F)(F)C(F)(F)C(F)(F)C(F)(F)C(F)(F)F. The standard InChI is InChI=1S/C12BF28/c14-1(15,3(18,19)7(26,27)11(34,35)36)5(22,23)9(30,31)13(40,41)10(32,33)6(24,25)2(16,17)4(20,21)8(28,29)12(37,38)39/q-1. The molecule has 0 atom stereocenters. The van der Waals surface area contributed by atoms with Gasteiger partial charge in [0.05, 0.1) is 0 Å². The molecule has 0 aromatic rings. The zero-order valence-electron chi connectivity index (χ0n) is 17.2. The van der Waals surface area contributed by atoms with E-state index in [1.165, 1.54) is 0 Å². The van der Waals surface area contributed by atoms with Crippen molar-refractivity contribution in [2.24, 2.45) is 0 Å². The minimum Gasteiger partial charge on any atom is -0.469 e. The fourth-order valence-electron chi connectivity index (χ4n) is 2.25. The van der Waals surface area contributed by atoms with Crippen LogP contribution in [-0.2, 0) is 0 Å². The second-order valence-electron chi connectivity index (χ2n) is 7.50. The van der Waals surface area contributed by atoms with Gasteiger partial charge >= 0.3 is 66.4 Å². The second kappa shape index (κ2) is 9.06. The van der Waals surface area contributed by atoms with Crippen molar-refractivity contribution >= 4 is 6.70 Å². The zero-order valence-corrected chi connectivity index (χ0v) is 17.2. The van der Waals surface area contributed by atoms with Gasteiger partial charge in [0.1, 0.15) is 0 Å². The highest BCUT2D eigenvalue weighted by Gasteiger charge is 2.97. The van der Waals surface area contributed by atoms with Crippen LogP contribution in [0.25, 0.3) is 0 Å². The van der Waals surface area contributed by atoms with Gasteiger partial charge in [0.25, 0.3) is 11.6 Å². The first-order valence-corrected chi connectivity index (χ1v) is 8.43. The third kappa shape index (κ3) is 4.41. The molecule has 0 unspecified atom stereocenters. The van der Waals surface area contributed by atoms with Crippen molar-refractivity contribution in [3.8, 4) is 0 Å². The summed E-state index contributed by atoms with van der Waals surface area (Å²) >= 11 is 0. The Morgan fingerprint density at radius 1 is 0.220 bits per heavy atom. The van der Waals surface area contributed by atoms with Crippen LogP contribution in [-0.4, -0.2) is 78.1 Å². The molecule has 0 radical (unpaired) electrons. The van der Waals surface area contributed by atoms with Crippen LogP contribution in [0.5, 0.6) is 0 Å². The molecule has 248 valence electrons. The van der Waals surface area contributed by atoms with Gasteiger partial charge in [0.15, 0.2) is 0 Å². The molecular weight excluding hydrogens is 687 g/mol. The molecule has 0 heterocycles. The molecule has 0 saturated carbocycles. The normalized spacial score (nSPS) is 17.3. The molecule has 29 heteroatoms. The molecule has 0 aromatic carbocycles. The summed E-state index contributed by atoms with van der Waals surface area (Å²) in [5.74, 6) is -93.6. The maximum absolute atomic E-state index is 13.5. The fraction of sp³-hybridized carbons (Fsp3) is 1.00. The molecule has 0 nitrogen and oxygen atoms in total. The molecule has 0 amide bonds. The maximum atomic E-state index is 13.5. The number of hydrogen-bond donors (Lipinski definition) is 0. The monoisotopic (exact) mass is 687 g/mol. The first kappa shape index (κ1) is 39.1. The lowest BCUT2D eigenvalue weighted by Gasteiger charge is -2.49. The van der Waals surface area contributed by atoms with Gasteiger partial charge in [0, 0.05) is 0 Å². The molecular formula is C12BF28-. The van der Waals surface area contributed by atoms with Crippen LogP contribution in [0.3, 0.4) is 0 Å². The second-order valence-corrected chi connectivity index (χ2v) is 7.50. The first-order chi connectivity index (χ1) is 17.0. The lowest BCUT2D eigenvalue weighted by Crippen LogP contribution is -2.81. The Kier molecular flexibility index (Phi) is 8.64. The van der Waals surface area contributed by atoms with E-state index in [9.17, 15) is 123 Å². The molecule has 0 aliphatic heterocycles. The number of hydrogen-bond acceptors (Lipinski definition) is 0. The molecule has 0 N–H and O–H groups in total. The molecule has 0 aliphatic carbocycles. The Morgan fingerprint density at radius 3 is 0.512 bits per heavy atom. The van der Waals surface area contributed by atoms with E-state index in [1.807, 2.05) is 0 Å². The van der Waals surface area contributed by atoms with Crippen LogP contribution < -0.4 is 0 Å². The van der Waals surface area contributed by atoms with E-state index in [2.05, 4.69) is 0 Å². The van der Waals surface area contributed by atoms with Crippen molar-refractivity contribution in [1.29, 1.82) is 0 Å². The maximum Gasteiger partial charge on any atom is 0.460 e. The van der Waals surface area contributed by atoms with Crippen molar-refractivity contribution in [3.05, 3.63) is 0 Å². The third-order valence-electron chi connectivity index (χ3n) is 4.83. The van der Waals surface area contributed by atoms with Crippen molar-refractivity contribution in [1.82, 2.24) is 0 Å². The fourth-order valence-corrected chi connectivity index (χ4v) is 2.25. The van der Waals surface area contributed by atoms with Gasteiger partial charge < -0.3 is 8.63 Å². The minimum atomic E-state index is -10.7. The van der Waals surface area contributed by atoms with E-state index in [1.54, 1.807) is 0 Å². The lowest BCUT2D eigenvalue weighted by molar-refractivity contribution is -0.440. The average molecular weight is 687 g/mol. The first-order valence-electron chi connectivity index (χ1n) is 8.43. The minimum absolute atomic E-state index is 8.24. The molecule has 0 spiro atoms. The van der Waals surface area contributed by atoms with E-state index >= 15 is 0 Å². The van der Waals surface area contributed by atoms with Gasteiger partial charge in [-0.1, -0.05) is 0 Å². The van der Waals surface area contributed by atoms with Gasteiger partial charge in [-0.25, -0.2) is 17.6 Å². The van der Waals surface area contributed by atoms with Crippen LogP contribution >= 0.6 is 0 Å². The molecule has 0 aromatic heterocycles. The number of rotatable bonds is 10. The van der Waals surface area contributed by atoms with E-state index < -0.39 is 78.1 Å². The van der Waals surface area contributed by atoms with Crippen LogP contribution in [0.4, 0.5) is 123 Å². The highest BCUT2D eigenvalue weighted by molar-refractivity contribution is 6.71. The summed E-state index contributed by atoms with van der Waals surface area (Å²) < 4.78 is 361. The highest BCUT2D eigenvalue weighted by Crippen LogP contribution is 2.67. The van der Waals surface area contributed by atoms with E-state index in [-0.39, 0.29) is 0 Å². The molecule has 0 aliphatic rings. The van der Waals surface area contributed by atoms with Crippen molar-refractivity contribution < 1.29 is 123 Å². The summed E-state index contributed by atoms with van der Waals surface area (Å²) in [6.07, 6.45) is -16.5. The Bertz CT molecular complexity index is 884. The third-order valence-corrected chi connectivity index (χ3v) is 4.83. The summed E-state index contributed by atoms with van der Waals surface area (Å²) in [7, 11) is 0. The van der Waals surface area contributed by atoms with Gasteiger partial charge in [-0.05, 0) is 0 Å². The smallest absolute Gasteiger partial charge is 0.460 e. The molecule has 0 saturated heterocycles. The van der Waals surface area contributed by atoms with Gasteiger partial charge in [-0.2, -0.15) is 96.6 Å². The summed E-state index contributed by atoms with van der Waals surface area (Å²) in [6.45, 7) is -10.7. The predicted molar refractivity (Wildman–Crippen MR) is 69.5 cm³/mol. The van der Waals surface area contributed by atoms with Gasteiger partial charge in [-0.3, -0.25) is 0 Å². The van der Waals surface area contributed by atoms with Crippen LogP contribution in [0.15, 0.2) is 0 Å². The predicted octanol–water partition coefficient (Wildman–Crippen LogP) is 8.92. The molecule has 41 heavy (non-hydrogen) atoms. The summed E-state index contributed by atoms with van der Waals surface area (Å²) in [6, 6.07) is 0. The Morgan fingerprint density at radius 2 is 0.366 bits per heavy atom. The summed E-state index contributed by atoms with van der Waals surface area (Å²) in [5, 5.41) is 0. The Labute approximate surface area is 202 Å². The Balaban J connectivity index is 7.41. The molecule has 0 rings (SSSR count). The van der Waals surface area contributed by atoms with Crippen LogP contribution in [0.1, 0.15) is 0 Å². The van der Waals surface area contributed by atoms with Crippen LogP contribution in [0, 0.1) is 0 Å². The van der Waals surface area contributed by atoms with Gasteiger partial charge in [0.2, 0.25) is 0 Å². The molecule has 0 fully saturated rings. The topological polar surface area (TPSA) is 0 Å². The van der Waals surface area contributed by atoms with Crippen molar-refractivity contribution in [2.75, 3.05) is 0 Å². The van der Waals surface area contributed by atoms with Crippen LogP contribution in [0.2, 0.25) is 0 Å². The molecule has 0 bridgehead atoms. The van der Waals surface area contributed by atoms with E-state index in [0.29, 0.717) is 0 Å². The van der Waals surface area contributed by atoms with E-state index in [0.717, 1.165) is 0 Å². The van der Waals surface area contributed by atoms with Crippen molar-refractivity contribution in [2.45, 2.75) is 71.4 Å².